The highest BCUT2D eigenvalue weighted by atomic mass is 16.5. The summed E-state index contributed by atoms with van der Waals surface area (Å²) in [6.07, 6.45) is -0.156. The minimum atomic E-state index is -0.468. The van der Waals surface area contributed by atoms with Crippen LogP contribution < -0.4 is 4.74 Å². The van der Waals surface area contributed by atoms with E-state index in [0.29, 0.717) is 13.2 Å². The topological polar surface area (TPSA) is 55.8 Å². The Balaban J connectivity index is 2.20. The molecule has 0 bridgehead atoms. The number of rotatable bonds is 9. The first-order chi connectivity index (χ1) is 9.99. The Kier molecular flexibility index (Phi) is 7.46. The molecule has 0 fully saturated rings. The molecule has 5 heteroatoms. The van der Waals surface area contributed by atoms with Gasteiger partial charge in [0.05, 0.1) is 0 Å². The Morgan fingerprint density at radius 1 is 1.24 bits per heavy atom. The van der Waals surface area contributed by atoms with Crippen molar-refractivity contribution in [2.75, 3.05) is 26.8 Å². The Morgan fingerprint density at radius 2 is 1.90 bits per heavy atom. The Hall–Kier alpha value is -1.88. The summed E-state index contributed by atoms with van der Waals surface area (Å²) >= 11 is 0. The van der Waals surface area contributed by atoms with Crippen molar-refractivity contribution in [3.8, 4) is 5.75 Å². The van der Waals surface area contributed by atoms with E-state index < -0.39 is 5.97 Å². The molecule has 1 atom stereocenters. The molecule has 0 saturated heterocycles. The molecule has 21 heavy (non-hydrogen) atoms. The summed E-state index contributed by atoms with van der Waals surface area (Å²) in [6.45, 7) is 4.85. The molecule has 0 aliphatic heterocycles. The van der Waals surface area contributed by atoms with Crippen molar-refractivity contribution in [2.45, 2.75) is 26.3 Å². The third kappa shape index (κ3) is 7.46. The fourth-order valence-corrected chi connectivity index (χ4v) is 1.64. The first-order valence-electron chi connectivity index (χ1n) is 7.02. The number of ether oxygens (including phenoxy) is 2. The summed E-state index contributed by atoms with van der Waals surface area (Å²) in [4.78, 5) is 24.0. The van der Waals surface area contributed by atoms with E-state index in [2.05, 4.69) is 0 Å². The molecule has 1 aromatic carbocycles. The van der Waals surface area contributed by atoms with Gasteiger partial charge in [-0.2, -0.15) is 0 Å². The highest BCUT2D eigenvalue weighted by Crippen LogP contribution is 2.09. The van der Waals surface area contributed by atoms with Crippen molar-refractivity contribution < 1.29 is 19.1 Å². The molecule has 116 valence electrons. The number of hydrogen-bond donors (Lipinski definition) is 0. The van der Waals surface area contributed by atoms with E-state index in [9.17, 15) is 9.59 Å². The van der Waals surface area contributed by atoms with Crippen LogP contribution in [0.15, 0.2) is 30.3 Å². The molecule has 0 N–H and O–H groups in total. The van der Waals surface area contributed by atoms with Gasteiger partial charge in [-0.25, -0.2) is 0 Å². The van der Waals surface area contributed by atoms with Crippen molar-refractivity contribution in [1.29, 1.82) is 0 Å². The molecule has 1 aromatic rings. The Bertz CT molecular complexity index is 447. The summed E-state index contributed by atoms with van der Waals surface area (Å²) in [7, 11) is 1.94. The maximum absolute atomic E-state index is 11.2. The first kappa shape index (κ1) is 17.2. The molecule has 0 radical (unpaired) electrons. The summed E-state index contributed by atoms with van der Waals surface area (Å²) < 4.78 is 10.7. The second-order valence-electron chi connectivity index (χ2n) is 5.05. The standard InChI is InChI=1S/C16H23NO4/c1-13(12-21-15-7-5-4-6-8-15)17(3)9-10-20-16(19)11-14(2)18/h4-8,13H,9-12H2,1-3H3/t13-/m1/s1. The Labute approximate surface area is 125 Å². The van der Waals surface area contributed by atoms with E-state index in [1.54, 1.807) is 0 Å². The van der Waals surface area contributed by atoms with Crippen LogP contribution in [-0.4, -0.2) is 49.5 Å². The lowest BCUT2D eigenvalue weighted by Crippen LogP contribution is -2.36. The van der Waals surface area contributed by atoms with Crippen LogP contribution in [0.4, 0.5) is 0 Å². The average Bonchev–Trinajstić information content (AvgIpc) is 2.44. The van der Waals surface area contributed by atoms with Gasteiger partial charge in [-0.05, 0) is 33.0 Å². The number of esters is 1. The summed E-state index contributed by atoms with van der Waals surface area (Å²) in [6, 6.07) is 9.82. The predicted molar refractivity (Wildman–Crippen MR) is 80.3 cm³/mol. The van der Waals surface area contributed by atoms with Crippen LogP contribution in [-0.2, 0) is 14.3 Å². The number of nitrogens with zero attached hydrogens (tertiary/aromatic N) is 1. The second-order valence-corrected chi connectivity index (χ2v) is 5.05. The van der Waals surface area contributed by atoms with E-state index in [0.717, 1.165) is 5.75 Å². The number of carbonyl (C=O) groups excluding carboxylic acids is 2. The number of carbonyl (C=O) groups is 2. The monoisotopic (exact) mass is 293 g/mol. The zero-order chi connectivity index (χ0) is 15.7. The highest BCUT2D eigenvalue weighted by Gasteiger charge is 2.11. The van der Waals surface area contributed by atoms with E-state index in [1.165, 1.54) is 6.92 Å². The predicted octanol–water partition coefficient (Wildman–Crippen LogP) is 1.91. The molecule has 0 unspecified atom stereocenters. The second kappa shape index (κ2) is 9.13. The van der Waals surface area contributed by atoms with Crippen LogP contribution in [0.1, 0.15) is 20.3 Å². The third-order valence-corrected chi connectivity index (χ3v) is 3.09. The summed E-state index contributed by atoms with van der Waals surface area (Å²) in [5.41, 5.74) is 0. The molecule has 0 amide bonds. The van der Waals surface area contributed by atoms with E-state index in [-0.39, 0.29) is 24.9 Å². The smallest absolute Gasteiger partial charge is 0.313 e. The van der Waals surface area contributed by atoms with Crippen LogP contribution in [0.25, 0.3) is 0 Å². The maximum atomic E-state index is 11.2. The molecular formula is C16H23NO4. The van der Waals surface area contributed by atoms with Crippen LogP contribution in [0, 0.1) is 0 Å². The van der Waals surface area contributed by atoms with Crippen molar-refractivity contribution in [3.05, 3.63) is 30.3 Å². The fraction of sp³-hybridized carbons (Fsp3) is 0.500. The van der Waals surface area contributed by atoms with Gasteiger partial charge in [0.25, 0.3) is 0 Å². The lowest BCUT2D eigenvalue weighted by molar-refractivity contribution is -0.146. The van der Waals surface area contributed by atoms with Crippen LogP contribution >= 0.6 is 0 Å². The number of Topliss-reactive ketones (excluding diaryl/α,β-unsaturated/α-hetero) is 1. The van der Waals surface area contributed by atoms with Crippen LogP contribution in [0.5, 0.6) is 5.75 Å². The lowest BCUT2D eigenvalue weighted by atomic mass is 10.3. The zero-order valence-corrected chi connectivity index (χ0v) is 12.9. The van der Waals surface area contributed by atoms with Gasteiger partial charge >= 0.3 is 5.97 Å². The van der Waals surface area contributed by atoms with Crippen molar-refractivity contribution in [3.63, 3.8) is 0 Å². The van der Waals surface area contributed by atoms with Crippen molar-refractivity contribution in [1.82, 2.24) is 4.90 Å². The minimum absolute atomic E-state index is 0.156. The minimum Gasteiger partial charge on any atom is -0.492 e. The normalized spacial score (nSPS) is 12.0. The molecule has 0 aromatic heterocycles. The van der Waals surface area contributed by atoms with Gasteiger partial charge in [0.2, 0.25) is 0 Å². The number of ketones is 1. The molecule has 5 nitrogen and oxygen atoms in total. The van der Waals surface area contributed by atoms with E-state index >= 15 is 0 Å². The quantitative estimate of drug-likeness (QED) is 0.514. The third-order valence-electron chi connectivity index (χ3n) is 3.09. The van der Waals surface area contributed by atoms with Gasteiger partial charge < -0.3 is 9.47 Å². The fourth-order valence-electron chi connectivity index (χ4n) is 1.64. The molecule has 0 saturated carbocycles. The van der Waals surface area contributed by atoms with Gasteiger partial charge in [-0.1, -0.05) is 18.2 Å². The van der Waals surface area contributed by atoms with Gasteiger partial charge in [-0.3, -0.25) is 14.5 Å². The number of likely N-dealkylation sites (N-methyl/N-ethyl adjacent to an activating group) is 1. The van der Waals surface area contributed by atoms with E-state index in [4.69, 9.17) is 9.47 Å². The molecule has 0 spiro atoms. The average molecular weight is 293 g/mol. The summed E-state index contributed by atoms with van der Waals surface area (Å²) in [5.74, 6) is 0.188. The summed E-state index contributed by atoms with van der Waals surface area (Å²) in [5, 5.41) is 0. The van der Waals surface area contributed by atoms with Gasteiger partial charge in [-0.15, -0.1) is 0 Å². The molecular weight excluding hydrogens is 270 g/mol. The molecule has 0 aliphatic rings. The zero-order valence-electron chi connectivity index (χ0n) is 12.9. The van der Waals surface area contributed by atoms with Crippen molar-refractivity contribution in [2.24, 2.45) is 0 Å². The number of para-hydroxylation sites is 1. The maximum Gasteiger partial charge on any atom is 0.313 e. The molecule has 0 aliphatic carbocycles. The SMILES string of the molecule is CC(=O)CC(=O)OCCN(C)[C@H](C)COc1ccccc1. The van der Waals surface area contributed by atoms with Gasteiger partial charge in [0.1, 0.15) is 31.2 Å². The first-order valence-corrected chi connectivity index (χ1v) is 7.02. The number of benzene rings is 1. The van der Waals surface area contributed by atoms with Gasteiger partial charge in [0.15, 0.2) is 0 Å². The van der Waals surface area contributed by atoms with E-state index in [1.807, 2.05) is 49.2 Å². The molecule has 0 heterocycles. The Morgan fingerprint density at radius 3 is 2.52 bits per heavy atom. The highest BCUT2D eigenvalue weighted by molar-refractivity contribution is 5.94. The largest absolute Gasteiger partial charge is 0.492 e. The molecule has 1 rings (SSSR count). The lowest BCUT2D eigenvalue weighted by Gasteiger charge is -2.24. The van der Waals surface area contributed by atoms with Gasteiger partial charge in [0, 0.05) is 12.6 Å². The van der Waals surface area contributed by atoms with Crippen molar-refractivity contribution >= 4 is 11.8 Å². The van der Waals surface area contributed by atoms with Crippen LogP contribution in [0.2, 0.25) is 0 Å². The van der Waals surface area contributed by atoms with Crippen LogP contribution in [0.3, 0.4) is 0 Å². The number of hydrogen-bond acceptors (Lipinski definition) is 5.